The topological polar surface area (TPSA) is 127 Å². The zero-order chi connectivity index (χ0) is 11.9. The highest BCUT2D eigenvalue weighted by atomic mass is 32.2. The average molecular weight is 241 g/mol. The highest BCUT2D eigenvalue weighted by Crippen LogP contribution is 2.00. The van der Waals surface area contributed by atoms with Crippen LogP contribution in [0, 0.1) is 0 Å². The molecule has 0 atom stereocenters. The van der Waals surface area contributed by atoms with Gasteiger partial charge in [0.1, 0.15) is 0 Å². The molecule has 5 N–H and O–H groups in total. The van der Waals surface area contributed by atoms with Gasteiger partial charge in [-0.3, -0.25) is 4.55 Å². The quantitative estimate of drug-likeness (QED) is 0.317. The number of aliphatic hydroxyl groups is 3. The molecule has 0 radical (unpaired) electrons. The minimum atomic E-state index is -4.17. The van der Waals surface area contributed by atoms with Gasteiger partial charge in [-0.05, 0) is 0 Å². The van der Waals surface area contributed by atoms with Crippen molar-refractivity contribution in [2.24, 2.45) is 0 Å². The normalized spacial score (nSPS) is 13.6. The van der Waals surface area contributed by atoms with Gasteiger partial charge in [-0.25, -0.2) is 0 Å². The van der Waals surface area contributed by atoms with Crippen molar-refractivity contribution in [2.75, 3.05) is 26.4 Å². The molecule has 0 saturated heterocycles. The Morgan fingerprint density at radius 1 is 1.13 bits per heavy atom. The van der Waals surface area contributed by atoms with Gasteiger partial charge < -0.3 is 20.6 Å². The van der Waals surface area contributed by atoms with Crippen LogP contribution in [0.25, 0.3) is 0 Å². The molecule has 0 aromatic rings. The van der Waals surface area contributed by atoms with Gasteiger partial charge in [0.25, 0.3) is 10.1 Å². The molecule has 0 aromatic heterocycles. The predicted octanol–water partition coefficient (Wildman–Crippen LogP) is -2.31. The van der Waals surface area contributed by atoms with Crippen LogP contribution in [-0.4, -0.2) is 60.2 Å². The van der Waals surface area contributed by atoms with E-state index in [0.29, 0.717) is 5.41 Å². The first kappa shape index (κ1) is 14.5. The lowest BCUT2D eigenvalue weighted by Crippen LogP contribution is -2.54. The molecule has 0 unspecified atom stereocenters. The highest BCUT2D eigenvalue weighted by Gasteiger charge is 2.26. The Kier molecular flexibility index (Phi) is 5.95. The third kappa shape index (κ3) is 5.82. The molecule has 7 nitrogen and oxygen atoms in total. The van der Waals surface area contributed by atoms with Gasteiger partial charge in [0, 0.05) is 6.54 Å². The van der Waals surface area contributed by atoms with E-state index in [4.69, 9.17) is 19.9 Å². The second-order valence-electron chi connectivity index (χ2n) is 3.02. The van der Waals surface area contributed by atoms with Gasteiger partial charge in [0.2, 0.25) is 0 Å². The van der Waals surface area contributed by atoms with E-state index in [1.807, 2.05) is 0 Å². The maximum absolute atomic E-state index is 10.3. The van der Waals surface area contributed by atoms with E-state index in [2.05, 4.69) is 5.32 Å². The first-order valence-electron chi connectivity index (χ1n) is 4.11. The lowest BCUT2D eigenvalue weighted by atomic mass is 10.0. The van der Waals surface area contributed by atoms with Gasteiger partial charge >= 0.3 is 0 Å². The predicted molar refractivity (Wildman–Crippen MR) is 52.7 cm³/mol. The molecule has 0 heterocycles. The van der Waals surface area contributed by atoms with Gasteiger partial charge in [0.05, 0.1) is 30.8 Å². The minimum Gasteiger partial charge on any atom is -0.394 e. The Morgan fingerprint density at radius 3 is 1.93 bits per heavy atom. The average Bonchev–Trinajstić information content (AvgIpc) is 2.18. The number of rotatable bonds is 7. The molecule has 0 aliphatic heterocycles. The molecule has 0 saturated carbocycles. The van der Waals surface area contributed by atoms with Crippen molar-refractivity contribution >= 4 is 10.1 Å². The number of hydrogen-bond acceptors (Lipinski definition) is 6. The second kappa shape index (κ2) is 6.16. The third-order valence-corrected chi connectivity index (χ3v) is 2.31. The lowest BCUT2D eigenvalue weighted by Gasteiger charge is -2.28. The zero-order valence-electron chi connectivity index (χ0n) is 8.00. The first-order valence-corrected chi connectivity index (χ1v) is 5.61. The van der Waals surface area contributed by atoms with E-state index in [1.54, 1.807) is 0 Å². The van der Waals surface area contributed by atoms with Crippen molar-refractivity contribution in [1.29, 1.82) is 0 Å². The summed E-state index contributed by atoms with van der Waals surface area (Å²) >= 11 is 0. The maximum Gasteiger partial charge on any atom is 0.287 e. The van der Waals surface area contributed by atoms with Crippen molar-refractivity contribution in [3.05, 3.63) is 11.5 Å². The smallest absolute Gasteiger partial charge is 0.287 e. The monoisotopic (exact) mass is 241 g/mol. The van der Waals surface area contributed by atoms with Gasteiger partial charge in [-0.15, -0.1) is 0 Å². The summed E-state index contributed by atoms with van der Waals surface area (Å²) in [6.07, 6.45) is 1.09. The summed E-state index contributed by atoms with van der Waals surface area (Å²) in [7, 11) is -4.17. The Morgan fingerprint density at radius 2 is 1.60 bits per heavy atom. The number of nitrogens with one attached hydrogen (secondary N) is 1. The summed E-state index contributed by atoms with van der Waals surface area (Å²) in [4.78, 5) is 0. The largest absolute Gasteiger partial charge is 0.394 e. The molecule has 0 aliphatic carbocycles. The molecular formula is C7H15NO6S. The standard InChI is InChI=1S/C7H15NO6S/c9-4-7(5-10,6-11)8-2-1-3-15(12,13)14/h1,3,8-11H,2,4-6H2,(H,12,13,14)/b3-1-. The van der Waals surface area contributed by atoms with Crippen LogP contribution in [0.15, 0.2) is 11.5 Å². The molecule has 90 valence electrons. The summed E-state index contributed by atoms with van der Waals surface area (Å²) < 4.78 is 28.8. The van der Waals surface area contributed by atoms with Crippen LogP contribution in [0.4, 0.5) is 0 Å². The second-order valence-corrected chi connectivity index (χ2v) is 4.32. The Bertz CT molecular complexity index is 286. The summed E-state index contributed by atoms with van der Waals surface area (Å²) in [6.45, 7) is -1.53. The Hall–Kier alpha value is -0.510. The van der Waals surface area contributed by atoms with E-state index in [1.165, 1.54) is 0 Å². The SMILES string of the molecule is O=S(=O)(O)/C=C\CNC(CO)(CO)CO. The van der Waals surface area contributed by atoms with Crippen molar-refractivity contribution < 1.29 is 28.3 Å². The fraction of sp³-hybridized carbons (Fsp3) is 0.714. The van der Waals surface area contributed by atoms with E-state index in [9.17, 15) is 8.42 Å². The van der Waals surface area contributed by atoms with Crippen LogP contribution in [0.2, 0.25) is 0 Å². The molecule has 0 spiro atoms. The summed E-state index contributed by atoms with van der Waals surface area (Å²) in [5.74, 6) is 0. The molecule has 15 heavy (non-hydrogen) atoms. The Balaban J connectivity index is 4.19. The lowest BCUT2D eigenvalue weighted by molar-refractivity contribution is 0.0452. The molecule has 0 amide bonds. The summed E-state index contributed by atoms with van der Waals surface area (Å²) in [5, 5.41) is 29.7. The van der Waals surface area contributed by atoms with E-state index in [0.717, 1.165) is 6.08 Å². The minimum absolute atomic E-state index is 0.0263. The zero-order valence-corrected chi connectivity index (χ0v) is 8.81. The van der Waals surface area contributed by atoms with Crippen molar-refractivity contribution in [2.45, 2.75) is 5.54 Å². The molecule has 0 aromatic carbocycles. The molecular weight excluding hydrogens is 226 g/mol. The van der Waals surface area contributed by atoms with Gasteiger partial charge in [-0.1, -0.05) is 6.08 Å². The van der Waals surface area contributed by atoms with E-state index < -0.39 is 35.5 Å². The van der Waals surface area contributed by atoms with Gasteiger partial charge in [-0.2, -0.15) is 8.42 Å². The maximum atomic E-state index is 10.3. The van der Waals surface area contributed by atoms with E-state index in [-0.39, 0.29) is 6.54 Å². The fourth-order valence-corrected chi connectivity index (χ4v) is 1.10. The van der Waals surface area contributed by atoms with Crippen LogP contribution in [-0.2, 0) is 10.1 Å². The molecule has 0 fully saturated rings. The van der Waals surface area contributed by atoms with E-state index >= 15 is 0 Å². The van der Waals surface area contributed by atoms with Crippen LogP contribution < -0.4 is 5.32 Å². The first-order chi connectivity index (χ1) is 6.89. The van der Waals surface area contributed by atoms with Gasteiger partial charge in [0.15, 0.2) is 0 Å². The van der Waals surface area contributed by atoms with Crippen molar-refractivity contribution in [3.63, 3.8) is 0 Å². The summed E-state index contributed by atoms with van der Waals surface area (Å²) in [6, 6.07) is 0. The highest BCUT2D eigenvalue weighted by molar-refractivity contribution is 7.88. The summed E-state index contributed by atoms with van der Waals surface area (Å²) in [5.41, 5.74) is -1.26. The fourth-order valence-electron chi connectivity index (χ4n) is 0.763. The molecule has 0 bridgehead atoms. The third-order valence-electron chi connectivity index (χ3n) is 1.77. The molecule has 0 rings (SSSR count). The number of hydrogen-bond donors (Lipinski definition) is 5. The number of aliphatic hydroxyl groups excluding tert-OH is 3. The van der Waals surface area contributed by atoms with Crippen LogP contribution in [0.5, 0.6) is 0 Å². The molecule has 0 aliphatic rings. The van der Waals surface area contributed by atoms with Crippen molar-refractivity contribution in [3.8, 4) is 0 Å². The molecule has 8 heteroatoms. The Labute approximate surface area is 87.8 Å². The van der Waals surface area contributed by atoms with Crippen molar-refractivity contribution in [1.82, 2.24) is 5.32 Å². The van der Waals surface area contributed by atoms with Crippen LogP contribution >= 0.6 is 0 Å². The van der Waals surface area contributed by atoms with Crippen LogP contribution in [0.1, 0.15) is 0 Å². The van der Waals surface area contributed by atoms with Crippen LogP contribution in [0.3, 0.4) is 0 Å².